The molecule has 2 fully saturated rings. The summed E-state index contributed by atoms with van der Waals surface area (Å²) in [5.74, 6) is -10.6. The van der Waals surface area contributed by atoms with Gasteiger partial charge in [-0.2, -0.15) is 0 Å². The maximum Gasteiger partial charge on any atom is 0.300 e. The average Bonchev–Trinajstić information content (AvgIpc) is 3.89. The van der Waals surface area contributed by atoms with Crippen molar-refractivity contribution in [3.63, 3.8) is 0 Å². The second kappa shape index (κ2) is 33.1. The van der Waals surface area contributed by atoms with E-state index in [4.69, 9.17) is 38.6 Å². The lowest BCUT2D eigenvalue weighted by atomic mass is 10.0. The lowest BCUT2D eigenvalue weighted by Gasteiger charge is -2.31. The number of guanidine groups is 1. The van der Waals surface area contributed by atoms with Gasteiger partial charge in [-0.25, -0.2) is 0 Å². The summed E-state index contributed by atoms with van der Waals surface area (Å²) in [7, 11) is 2.19. The molecule has 2 aromatic carbocycles. The number of hydrogen-bond acceptors (Lipinski definition) is 16. The molecule has 11 amide bonds. The fraction of sp³-hybridized carbons (Fsp3) is 0.479. The molecule has 426 valence electrons. The molecule has 78 heavy (non-hydrogen) atoms. The lowest BCUT2D eigenvalue weighted by molar-refractivity contribution is -0.142. The number of aliphatic imine (C=N–C) groups is 1. The van der Waals surface area contributed by atoms with Crippen LogP contribution in [0.15, 0.2) is 59.6 Å². The van der Waals surface area contributed by atoms with E-state index >= 15 is 0 Å². The van der Waals surface area contributed by atoms with Gasteiger partial charge in [0.2, 0.25) is 65.0 Å². The Morgan fingerprint density at radius 1 is 0.744 bits per heavy atom. The zero-order chi connectivity index (χ0) is 57.9. The van der Waals surface area contributed by atoms with Crippen LogP contribution < -0.4 is 65.9 Å². The first-order chi connectivity index (χ1) is 36.9. The van der Waals surface area contributed by atoms with Gasteiger partial charge in [-0.1, -0.05) is 64.1 Å². The van der Waals surface area contributed by atoms with Crippen molar-refractivity contribution in [1.82, 2.24) is 42.1 Å². The molecule has 4 rings (SSSR count). The molecule has 2 aliphatic rings. The van der Waals surface area contributed by atoms with Crippen LogP contribution in [0.25, 0.3) is 0 Å². The quantitative estimate of drug-likeness (QED) is 0.0274. The molecule has 2 aromatic rings. The topological polar surface area (TPSA) is 475 Å². The van der Waals surface area contributed by atoms with Crippen molar-refractivity contribution in [2.24, 2.45) is 33.7 Å². The zero-order valence-corrected chi connectivity index (χ0v) is 44.4. The molecule has 30 heteroatoms. The van der Waals surface area contributed by atoms with E-state index < -0.39 is 139 Å². The largest absolute Gasteiger partial charge is 0.508 e. The van der Waals surface area contributed by atoms with Crippen molar-refractivity contribution in [2.45, 2.75) is 113 Å². The van der Waals surface area contributed by atoms with Gasteiger partial charge in [0, 0.05) is 57.2 Å². The molecule has 0 aromatic heterocycles. The molecule has 7 atom stereocenters. The minimum absolute atomic E-state index is 0.0128. The fourth-order valence-electron chi connectivity index (χ4n) is 7.78. The van der Waals surface area contributed by atoms with Crippen molar-refractivity contribution in [3.05, 3.63) is 65.7 Å². The van der Waals surface area contributed by atoms with E-state index in [1.807, 2.05) is 0 Å². The molecule has 28 nitrogen and oxygen atoms in total. The summed E-state index contributed by atoms with van der Waals surface area (Å²) < 4.78 is 0. The van der Waals surface area contributed by atoms with E-state index in [1.165, 1.54) is 17.0 Å². The SMILES string of the molecule is CC(=O)O.NC(=O)CCC1NC(=O)C(Cc2ccccc2)NC(=O)C(Cc2ccc(O)cc2)NC(=O)CCSSCC(C(=O)N2CCCC2C(=O)NC(CCCN=C(N)N)C(=O)NCC(N)=O)NC(=O)C(CC(N)=O)NC1=O. The van der Waals surface area contributed by atoms with Gasteiger partial charge in [0.05, 0.1) is 13.0 Å². The van der Waals surface area contributed by atoms with Crippen LogP contribution in [0.1, 0.15) is 69.4 Å². The number of likely N-dealkylation sites (tertiary alicyclic amines) is 1. The van der Waals surface area contributed by atoms with Gasteiger partial charge in [0.25, 0.3) is 5.97 Å². The van der Waals surface area contributed by atoms with Crippen LogP contribution in [0.4, 0.5) is 0 Å². The number of carboxylic acid groups (broad SMARTS) is 1. The van der Waals surface area contributed by atoms with Gasteiger partial charge >= 0.3 is 0 Å². The number of carbonyl (C=O) groups excluding carboxylic acids is 11. The van der Waals surface area contributed by atoms with Gasteiger partial charge in [0.15, 0.2) is 5.96 Å². The van der Waals surface area contributed by atoms with Crippen molar-refractivity contribution in [1.29, 1.82) is 0 Å². The predicted molar refractivity (Wildman–Crippen MR) is 285 cm³/mol. The van der Waals surface area contributed by atoms with E-state index in [0.717, 1.165) is 28.5 Å². The van der Waals surface area contributed by atoms with Crippen molar-refractivity contribution in [3.8, 4) is 5.75 Å². The molecule has 2 saturated heterocycles. The number of phenolic OH excluding ortho intramolecular Hbond substituents is 1. The number of aromatic hydroxyl groups is 1. The number of aliphatic carboxylic acids is 1. The van der Waals surface area contributed by atoms with E-state index in [-0.39, 0.29) is 74.8 Å². The van der Waals surface area contributed by atoms with E-state index in [2.05, 4.69) is 42.2 Å². The molecule has 0 spiro atoms. The molecule has 7 unspecified atom stereocenters. The molecule has 0 radical (unpaired) electrons. The smallest absolute Gasteiger partial charge is 0.300 e. The Morgan fingerprint density at radius 2 is 1.32 bits per heavy atom. The Hall–Kier alpha value is -8.15. The van der Waals surface area contributed by atoms with E-state index in [9.17, 15) is 57.8 Å². The number of carboxylic acids is 1. The summed E-state index contributed by atoms with van der Waals surface area (Å²) in [6.45, 7) is 0.682. The van der Waals surface area contributed by atoms with Crippen molar-refractivity contribution in [2.75, 3.05) is 31.1 Å². The monoisotopic (exact) mass is 1130 g/mol. The number of hydrogen-bond donors (Lipinski definition) is 14. The van der Waals surface area contributed by atoms with Gasteiger partial charge in [0.1, 0.15) is 48.0 Å². The third kappa shape index (κ3) is 23.8. The predicted octanol–water partition coefficient (Wildman–Crippen LogP) is -4.25. The summed E-state index contributed by atoms with van der Waals surface area (Å²) in [6.07, 6.45) is -1.34. The van der Waals surface area contributed by atoms with Crippen LogP contribution in [0.3, 0.4) is 0 Å². The molecular formula is C48H68N14O14S2. The summed E-state index contributed by atoms with van der Waals surface area (Å²) in [5, 5.41) is 35.2. The lowest BCUT2D eigenvalue weighted by Crippen LogP contribution is -2.61. The summed E-state index contributed by atoms with van der Waals surface area (Å²) in [4.78, 5) is 162. The second-order valence-electron chi connectivity index (χ2n) is 17.9. The maximum atomic E-state index is 14.6. The summed E-state index contributed by atoms with van der Waals surface area (Å²) in [6, 6.07) is 4.52. The molecule has 2 aliphatic heterocycles. The molecule has 19 N–H and O–H groups in total. The first kappa shape index (κ1) is 64.1. The van der Waals surface area contributed by atoms with Crippen LogP contribution >= 0.6 is 21.6 Å². The van der Waals surface area contributed by atoms with Gasteiger partial charge < -0.3 is 81.0 Å². The third-order valence-electron chi connectivity index (χ3n) is 11.5. The Bertz CT molecular complexity index is 2480. The van der Waals surface area contributed by atoms with Crippen LogP contribution in [0.5, 0.6) is 5.75 Å². The van der Waals surface area contributed by atoms with Gasteiger partial charge in [-0.15, -0.1) is 0 Å². The molecule has 2 heterocycles. The number of phenols is 1. The van der Waals surface area contributed by atoms with Gasteiger partial charge in [-0.3, -0.25) is 62.5 Å². The zero-order valence-electron chi connectivity index (χ0n) is 42.7. The first-order valence-electron chi connectivity index (χ1n) is 24.5. The number of primary amides is 3. The summed E-state index contributed by atoms with van der Waals surface area (Å²) in [5.41, 5.74) is 28.1. The average molecular weight is 1130 g/mol. The number of amides is 11. The maximum absolute atomic E-state index is 14.6. The fourth-order valence-corrected chi connectivity index (χ4v) is 9.93. The van der Waals surface area contributed by atoms with Crippen LogP contribution in [0.2, 0.25) is 0 Å². The number of carbonyl (C=O) groups is 12. The molecule has 0 bridgehead atoms. The number of nitrogens with two attached hydrogens (primary N) is 5. The van der Waals surface area contributed by atoms with Crippen molar-refractivity contribution < 1.29 is 67.7 Å². The Balaban J connectivity index is 0.00000386. The Labute approximate surface area is 456 Å². The Kier molecular flexibility index (Phi) is 27.2. The van der Waals surface area contributed by atoms with Crippen LogP contribution in [-0.2, 0) is 70.4 Å². The third-order valence-corrected chi connectivity index (χ3v) is 13.9. The first-order valence-corrected chi connectivity index (χ1v) is 27.0. The summed E-state index contributed by atoms with van der Waals surface area (Å²) >= 11 is 0. The van der Waals surface area contributed by atoms with Crippen LogP contribution in [-0.4, -0.2) is 165 Å². The normalized spacial score (nSPS) is 20.9. The Morgan fingerprint density at radius 3 is 1.92 bits per heavy atom. The number of nitrogens with one attached hydrogen (secondary N) is 7. The highest BCUT2D eigenvalue weighted by atomic mass is 33.1. The highest BCUT2D eigenvalue weighted by Gasteiger charge is 2.40. The van der Waals surface area contributed by atoms with Crippen LogP contribution in [0, 0.1) is 0 Å². The van der Waals surface area contributed by atoms with E-state index in [0.29, 0.717) is 17.5 Å². The molecule has 0 saturated carbocycles. The molecular weight excluding hydrogens is 1060 g/mol. The highest BCUT2D eigenvalue weighted by molar-refractivity contribution is 8.76. The number of rotatable bonds is 19. The highest BCUT2D eigenvalue weighted by Crippen LogP contribution is 2.26. The van der Waals surface area contributed by atoms with Crippen molar-refractivity contribution >= 4 is 98.5 Å². The van der Waals surface area contributed by atoms with Gasteiger partial charge in [-0.05, 0) is 55.4 Å². The van der Waals surface area contributed by atoms with E-state index in [1.54, 1.807) is 42.5 Å². The second-order valence-corrected chi connectivity index (χ2v) is 20.5. The number of nitrogens with zero attached hydrogens (tertiary/aromatic N) is 2. The minimum Gasteiger partial charge on any atom is -0.508 e. The number of benzene rings is 2. The molecule has 0 aliphatic carbocycles. The standard InChI is InChI=1S/C46H64N14O12S2.C2H4O2/c47-35(62)15-14-29-40(67)58-32(22-36(48)63)43(70)59-33(45(72)60-18-5-9-34(60)44(71)56-28(8-4-17-52-46(50)51)39(66)53-23-37(49)64)24-74-73-19-16-38(65)54-30(21-26-10-12-27(61)13-11-26)41(68)57-31(42(69)55-29)20-25-6-2-1-3-7-25;1-2(3)4/h1-3,6-7,10-13,28-34,61H,4-5,8-9,14-24H2,(H2,47,62)(H2,48,63)(H2,49,64)(H,53,66)(H,54,65)(H,55,69)(H,56,71)(H,57,68)(H,58,67)(H,59,70)(H4,50,51,52);1H3,(H,3,4). The minimum atomic E-state index is -1.77.